The van der Waals surface area contributed by atoms with E-state index in [1.807, 2.05) is 20.8 Å². The second-order valence-electron chi connectivity index (χ2n) is 7.41. The topological polar surface area (TPSA) is 37.3 Å². The fourth-order valence-corrected chi connectivity index (χ4v) is 3.54. The monoisotopic (exact) mass is 310 g/mol. The second-order valence-corrected chi connectivity index (χ2v) is 7.41. The molecule has 0 aromatic rings. The molecule has 0 aromatic carbocycles. The Morgan fingerprint density at radius 3 is 2.14 bits per heavy atom. The number of Topliss-reactive ketones (excluding diaryl/α,β-unsaturated/α-hetero) is 1. The smallest absolute Gasteiger partial charge is 0.138 e. The van der Waals surface area contributed by atoms with Gasteiger partial charge >= 0.3 is 0 Å². The third-order valence-electron chi connectivity index (χ3n) is 4.70. The van der Waals surface area contributed by atoms with Crippen LogP contribution in [0.4, 0.5) is 0 Å². The Balaban J connectivity index is 4.47. The summed E-state index contributed by atoms with van der Waals surface area (Å²) in [5.41, 5.74) is 0.940. The average molecular weight is 311 g/mol. The van der Waals surface area contributed by atoms with Crippen LogP contribution in [0, 0.1) is 23.7 Å². The lowest BCUT2D eigenvalue weighted by molar-refractivity contribution is -0.124. The minimum atomic E-state index is -0.635. The van der Waals surface area contributed by atoms with Crippen molar-refractivity contribution in [3.05, 3.63) is 11.6 Å². The average Bonchev–Trinajstić information content (AvgIpc) is 2.44. The summed E-state index contributed by atoms with van der Waals surface area (Å²) in [6.07, 6.45) is 7.01. The number of aliphatic hydroxyl groups excluding tert-OH is 1. The van der Waals surface area contributed by atoms with E-state index in [0.29, 0.717) is 18.3 Å². The van der Waals surface area contributed by atoms with Gasteiger partial charge in [0.15, 0.2) is 0 Å². The molecule has 130 valence electrons. The standard InChI is InChI=1S/C20H38O2/c1-8-10-14(3)11-15(4)12-16(5)13-17(6)20(22)18(7)19(21)9-2/h13-16,18,20,22H,8-12H2,1-7H3/b17-13+/t14-,15-,16-,18+,20-/m0/s1. The van der Waals surface area contributed by atoms with E-state index in [1.165, 1.54) is 19.3 Å². The Hall–Kier alpha value is -0.630. The molecule has 2 nitrogen and oxygen atoms in total. The minimum Gasteiger partial charge on any atom is -0.388 e. The number of carbonyl (C=O) groups is 1. The maximum Gasteiger partial charge on any atom is 0.138 e. The number of aliphatic hydroxyl groups is 1. The zero-order chi connectivity index (χ0) is 17.3. The van der Waals surface area contributed by atoms with Crippen molar-refractivity contribution >= 4 is 5.78 Å². The Morgan fingerprint density at radius 1 is 1.05 bits per heavy atom. The van der Waals surface area contributed by atoms with Crippen molar-refractivity contribution in [2.45, 2.75) is 86.7 Å². The molecule has 0 bridgehead atoms. The fraction of sp³-hybridized carbons (Fsp3) is 0.850. The summed E-state index contributed by atoms with van der Waals surface area (Å²) in [6, 6.07) is 0. The van der Waals surface area contributed by atoms with Gasteiger partial charge in [-0.25, -0.2) is 0 Å². The van der Waals surface area contributed by atoms with Crippen molar-refractivity contribution < 1.29 is 9.90 Å². The minimum absolute atomic E-state index is 0.134. The molecular formula is C20H38O2. The van der Waals surface area contributed by atoms with Crippen LogP contribution >= 0.6 is 0 Å². The molecule has 0 aliphatic rings. The van der Waals surface area contributed by atoms with E-state index in [-0.39, 0.29) is 11.7 Å². The molecule has 0 aliphatic carbocycles. The highest BCUT2D eigenvalue weighted by Gasteiger charge is 2.22. The second kappa shape index (κ2) is 11.0. The largest absolute Gasteiger partial charge is 0.388 e. The van der Waals surface area contributed by atoms with E-state index in [1.54, 1.807) is 0 Å². The molecule has 0 spiro atoms. The Morgan fingerprint density at radius 2 is 1.64 bits per heavy atom. The Kier molecular flexibility index (Phi) is 10.7. The van der Waals surface area contributed by atoms with Crippen molar-refractivity contribution in [1.82, 2.24) is 0 Å². The van der Waals surface area contributed by atoms with E-state index < -0.39 is 6.10 Å². The van der Waals surface area contributed by atoms with E-state index >= 15 is 0 Å². The van der Waals surface area contributed by atoms with Crippen LogP contribution in [0.5, 0.6) is 0 Å². The van der Waals surface area contributed by atoms with Gasteiger partial charge in [0.2, 0.25) is 0 Å². The highest BCUT2D eigenvalue weighted by molar-refractivity contribution is 5.81. The molecule has 0 saturated heterocycles. The van der Waals surface area contributed by atoms with Gasteiger partial charge in [-0.15, -0.1) is 0 Å². The number of hydrogen-bond donors (Lipinski definition) is 1. The fourth-order valence-electron chi connectivity index (χ4n) is 3.54. The van der Waals surface area contributed by atoms with Crippen LogP contribution < -0.4 is 0 Å². The highest BCUT2D eigenvalue weighted by atomic mass is 16.3. The van der Waals surface area contributed by atoms with Crippen molar-refractivity contribution in [2.75, 3.05) is 0 Å². The van der Waals surface area contributed by atoms with Crippen LogP contribution in [0.2, 0.25) is 0 Å². The van der Waals surface area contributed by atoms with Crippen LogP contribution in [0.3, 0.4) is 0 Å². The Bertz CT molecular complexity index is 346. The lowest BCUT2D eigenvalue weighted by atomic mass is 9.86. The molecule has 0 radical (unpaired) electrons. The molecule has 0 aromatic heterocycles. The quantitative estimate of drug-likeness (QED) is 0.519. The van der Waals surface area contributed by atoms with Crippen molar-refractivity contribution in [2.24, 2.45) is 23.7 Å². The summed E-state index contributed by atoms with van der Waals surface area (Å²) in [5.74, 6) is 1.78. The molecule has 1 N–H and O–H groups in total. The van der Waals surface area contributed by atoms with Gasteiger partial charge in [-0.1, -0.05) is 60.5 Å². The molecule has 0 unspecified atom stereocenters. The van der Waals surface area contributed by atoms with Gasteiger partial charge in [0.25, 0.3) is 0 Å². The Labute approximate surface area is 138 Å². The van der Waals surface area contributed by atoms with Gasteiger partial charge in [-0.05, 0) is 43.1 Å². The lowest BCUT2D eigenvalue weighted by Crippen LogP contribution is -2.26. The maximum atomic E-state index is 11.7. The molecule has 0 rings (SSSR count). The first-order chi connectivity index (χ1) is 10.2. The molecular weight excluding hydrogens is 272 g/mol. The first-order valence-electron chi connectivity index (χ1n) is 9.11. The maximum absolute atomic E-state index is 11.7. The summed E-state index contributed by atoms with van der Waals surface area (Å²) in [4.78, 5) is 11.7. The molecule has 0 fully saturated rings. The summed E-state index contributed by atoms with van der Waals surface area (Å²) >= 11 is 0. The predicted octanol–water partition coefficient (Wildman–Crippen LogP) is 5.40. The van der Waals surface area contributed by atoms with Gasteiger partial charge in [-0.2, -0.15) is 0 Å². The normalized spacial score (nSPS) is 19.4. The van der Waals surface area contributed by atoms with Gasteiger partial charge < -0.3 is 5.11 Å². The van der Waals surface area contributed by atoms with E-state index in [0.717, 1.165) is 17.9 Å². The zero-order valence-electron chi connectivity index (χ0n) is 15.9. The molecule has 22 heavy (non-hydrogen) atoms. The lowest BCUT2D eigenvalue weighted by Gasteiger charge is -2.22. The van der Waals surface area contributed by atoms with E-state index in [9.17, 15) is 9.90 Å². The van der Waals surface area contributed by atoms with Gasteiger partial charge in [0, 0.05) is 12.3 Å². The SMILES string of the molecule is CCC[C@H](C)C[C@H](C)C[C@H](C)/C=C(\C)[C@H](O)[C@H](C)C(=O)CC. The molecule has 0 amide bonds. The van der Waals surface area contributed by atoms with Crippen LogP contribution in [-0.4, -0.2) is 17.0 Å². The van der Waals surface area contributed by atoms with Crippen LogP contribution in [0.15, 0.2) is 11.6 Å². The van der Waals surface area contributed by atoms with Crippen LogP contribution in [0.1, 0.15) is 80.6 Å². The molecule has 5 atom stereocenters. The summed E-state index contributed by atoms with van der Waals surface area (Å²) < 4.78 is 0. The van der Waals surface area contributed by atoms with Gasteiger partial charge in [0.05, 0.1) is 6.10 Å². The van der Waals surface area contributed by atoms with Gasteiger partial charge in [0.1, 0.15) is 5.78 Å². The summed E-state index contributed by atoms with van der Waals surface area (Å²) in [7, 11) is 0. The molecule has 0 heterocycles. The predicted molar refractivity (Wildman–Crippen MR) is 95.9 cm³/mol. The number of hydrogen-bond acceptors (Lipinski definition) is 2. The molecule has 0 saturated carbocycles. The first kappa shape index (κ1) is 21.4. The molecule has 0 aliphatic heterocycles. The molecule has 2 heteroatoms. The van der Waals surface area contributed by atoms with Crippen molar-refractivity contribution in [3.63, 3.8) is 0 Å². The zero-order valence-corrected chi connectivity index (χ0v) is 15.9. The summed E-state index contributed by atoms with van der Waals surface area (Å²) in [6.45, 7) is 14.8. The summed E-state index contributed by atoms with van der Waals surface area (Å²) in [5, 5.41) is 10.3. The highest BCUT2D eigenvalue weighted by Crippen LogP contribution is 2.25. The van der Waals surface area contributed by atoms with Crippen LogP contribution in [0.25, 0.3) is 0 Å². The van der Waals surface area contributed by atoms with Crippen molar-refractivity contribution in [3.8, 4) is 0 Å². The third-order valence-corrected chi connectivity index (χ3v) is 4.70. The van der Waals surface area contributed by atoms with E-state index in [4.69, 9.17) is 0 Å². The number of rotatable bonds is 11. The number of allylic oxidation sites excluding steroid dienone is 1. The van der Waals surface area contributed by atoms with Crippen LogP contribution in [-0.2, 0) is 4.79 Å². The third kappa shape index (κ3) is 8.12. The van der Waals surface area contributed by atoms with Crippen molar-refractivity contribution in [1.29, 1.82) is 0 Å². The van der Waals surface area contributed by atoms with E-state index in [2.05, 4.69) is 33.8 Å². The first-order valence-corrected chi connectivity index (χ1v) is 9.11. The van der Waals surface area contributed by atoms with Gasteiger partial charge in [-0.3, -0.25) is 4.79 Å². The number of ketones is 1. The number of carbonyl (C=O) groups excluding carboxylic acids is 1.